The van der Waals surface area contributed by atoms with Crippen molar-refractivity contribution in [3.8, 4) is 11.5 Å². The van der Waals surface area contributed by atoms with Crippen LogP contribution >= 0.6 is 0 Å². The van der Waals surface area contributed by atoms with Crippen molar-refractivity contribution in [1.82, 2.24) is 20.3 Å². The van der Waals surface area contributed by atoms with Crippen LogP contribution in [0.15, 0.2) is 30.6 Å². The lowest BCUT2D eigenvalue weighted by molar-refractivity contribution is 0.677. The fourth-order valence-electron chi connectivity index (χ4n) is 1.62. The van der Waals surface area contributed by atoms with Gasteiger partial charge in [-0.25, -0.2) is 4.98 Å². The molecule has 1 fully saturated rings. The quantitative estimate of drug-likeness (QED) is 0.814. The third-order valence-electron chi connectivity index (χ3n) is 2.69. The van der Waals surface area contributed by atoms with Crippen LogP contribution < -0.4 is 5.32 Å². The van der Waals surface area contributed by atoms with E-state index in [0.29, 0.717) is 0 Å². The Balaban J connectivity index is 1.71. The van der Waals surface area contributed by atoms with Gasteiger partial charge in [-0.3, -0.25) is 4.98 Å². The fourth-order valence-corrected chi connectivity index (χ4v) is 1.62. The topological polar surface area (TPSA) is 53.6 Å². The fraction of sp³-hybridized carbons (Fsp3) is 0.333. The first kappa shape index (κ1) is 9.54. The number of aromatic amines is 1. The van der Waals surface area contributed by atoms with Crippen molar-refractivity contribution in [2.45, 2.75) is 25.4 Å². The molecule has 1 aliphatic rings. The highest BCUT2D eigenvalue weighted by atomic mass is 15.0. The summed E-state index contributed by atoms with van der Waals surface area (Å²) in [5.41, 5.74) is 2.01. The van der Waals surface area contributed by atoms with Gasteiger partial charge in [0.05, 0.1) is 6.20 Å². The number of nitrogens with zero attached hydrogens (tertiary/aromatic N) is 2. The average molecular weight is 214 g/mol. The van der Waals surface area contributed by atoms with E-state index >= 15 is 0 Å². The Morgan fingerprint density at radius 1 is 1.31 bits per heavy atom. The van der Waals surface area contributed by atoms with Gasteiger partial charge in [0.15, 0.2) is 5.82 Å². The Bertz CT molecular complexity index is 459. The maximum Gasteiger partial charge on any atom is 0.156 e. The van der Waals surface area contributed by atoms with Crippen LogP contribution in [0.4, 0.5) is 0 Å². The molecular weight excluding hydrogens is 200 g/mol. The summed E-state index contributed by atoms with van der Waals surface area (Å²) in [5.74, 6) is 0.841. The van der Waals surface area contributed by atoms with E-state index in [1.54, 1.807) is 6.20 Å². The first-order chi connectivity index (χ1) is 7.92. The lowest BCUT2D eigenvalue weighted by atomic mass is 10.3. The Morgan fingerprint density at radius 2 is 2.25 bits per heavy atom. The lowest BCUT2D eigenvalue weighted by Crippen LogP contribution is -2.15. The molecule has 16 heavy (non-hydrogen) atoms. The molecule has 1 saturated carbocycles. The number of aromatic nitrogens is 3. The molecule has 3 rings (SSSR count). The van der Waals surface area contributed by atoms with Crippen LogP contribution in [0, 0.1) is 0 Å². The molecule has 0 amide bonds. The minimum absolute atomic E-state index is 0.724. The van der Waals surface area contributed by atoms with Crippen molar-refractivity contribution in [3.05, 3.63) is 36.3 Å². The van der Waals surface area contributed by atoms with E-state index in [9.17, 15) is 0 Å². The van der Waals surface area contributed by atoms with Crippen LogP contribution in [-0.2, 0) is 6.54 Å². The molecular formula is C12H14N4. The van der Waals surface area contributed by atoms with E-state index in [0.717, 1.165) is 29.8 Å². The van der Waals surface area contributed by atoms with Crippen LogP contribution in [-0.4, -0.2) is 21.0 Å². The number of hydrogen-bond donors (Lipinski definition) is 2. The molecule has 2 aromatic rings. The zero-order valence-electron chi connectivity index (χ0n) is 8.98. The van der Waals surface area contributed by atoms with Crippen molar-refractivity contribution < 1.29 is 0 Å². The minimum Gasteiger partial charge on any atom is -0.339 e. The first-order valence-electron chi connectivity index (χ1n) is 5.60. The maximum absolute atomic E-state index is 4.33. The normalized spacial score (nSPS) is 15.2. The van der Waals surface area contributed by atoms with Crippen molar-refractivity contribution in [2.75, 3.05) is 0 Å². The summed E-state index contributed by atoms with van der Waals surface area (Å²) in [7, 11) is 0. The maximum atomic E-state index is 4.33. The molecule has 4 nitrogen and oxygen atoms in total. The summed E-state index contributed by atoms with van der Waals surface area (Å²) in [5, 5.41) is 3.45. The van der Waals surface area contributed by atoms with Crippen LogP contribution in [0.2, 0.25) is 0 Å². The summed E-state index contributed by atoms with van der Waals surface area (Å²) in [6, 6.07) is 6.55. The number of hydrogen-bond acceptors (Lipinski definition) is 3. The van der Waals surface area contributed by atoms with Gasteiger partial charge < -0.3 is 10.3 Å². The van der Waals surface area contributed by atoms with E-state index in [-0.39, 0.29) is 0 Å². The third-order valence-corrected chi connectivity index (χ3v) is 2.69. The Kier molecular flexibility index (Phi) is 2.42. The summed E-state index contributed by atoms with van der Waals surface area (Å²) in [6.45, 7) is 0.866. The second kappa shape index (κ2) is 4.06. The Labute approximate surface area is 94.1 Å². The average Bonchev–Trinajstić information content (AvgIpc) is 3.05. The number of imidazole rings is 1. The first-order valence-corrected chi connectivity index (χ1v) is 5.60. The SMILES string of the molecule is c1ccc(-c2ncc(CNC3CC3)[nH]2)nc1. The number of H-pyrrole nitrogens is 1. The minimum atomic E-state index is 0.724. The molecule has 2 aromatic heterocycles. The molecule has 0 aromatic carbocycles. The van der Waals surface area contributed by atoms with Crippen LogP contribution in [0.3, 0.4) is 0 Å². The van der Waals surface area contributed by atoms with E-state index in [1.165, 1.54) is 12.8 Å². The van der Waals surface area contributed by atoms with E-state index in [2.05, 4.69) is 20.3 Å². The Hall–Kier alpha value is -1.68. The van der Waals surface area contributed by atoms with Crippen molar-refractivity contribution >= 4 is 0 Å². The van der Waals surface area contributed by atoms with Gasteiger partial charge in [0, 0.05) is 24.5 Å². The second-order valence-electron chi connectivity index (χ2n) is 4.13. The molecule has 1 aliphatic carbocycles. The number of pyridine rings is 1. The molecule has 0 bridgehead atoms. The van der Waals surface area contributed by atoms with Gasteiger partial charge in [-0.15, -0.1) is 0 Å². The number of rotatable bonds is 4. The second-order valence-corrected chi connectivity index (χ2v) is 4.13. The molecule has 0 saturated heterocycles. The van der Waals surface area contributed by atoms with Crippen LogP contribution in [0.5, 0.6) is 0 Å². The zero-order chi connectivity index (χ0) is 10.8. The smallest absolute Gasteiger partial charge is 0.156 e. The van der Waals surface area contributed by atoms with Gasteiger partial charge in [0.25, 0.3) is 0 Å². The predicted octanol–water partition coefficient (Wildman–Crippen LogP) is 1.72. The summed E-state index contributed by atoms with van der Waals surface area (Å²) in [4.78, 5) is 11.9. The predicted molar refractivity (Wildman–Crippen MR) is 61.7 cm³/mol. The molecule has 4 heteroatoms. The van der Waals surface area contributed by atoms with Crippen molar-refractivity contribution in [3.63, 3.8) is 0 Å². The molecule has 0 unspecified atom stereocenters. The highest BCUT2D eigenvalue weighted by Gasteiger charge is 2.20. The van der Waals surface area contributed by atoms with Crippen LogP contribution in [0.1, 0.15) is 18.5 Å². The summed E-state index contributed by atoms with van der Waals surface area (Å²) in [6.07, 6.45) is 6.27. The molecule has 0 atom stereocenters. The molecule has 0 radical (unpaired) electrons. The standard InChI is InChI=1S/C12H14N4/c1-2-6-13-11(3-1)12-15-8-10(16-12)7-14-9-4-5-9/h1-3,6,8-9,14H,4-5,7H2,(H,15,16). The van der Waals surface area contributed by atoms with E-state index in [1.807, 2.05) is 24.4 Å². The summed E-state index contributed by atoms with van der Waals surface area (Å²) >= 11 is 0. The molecule has 0 aliphatic heterocycles. The van der Waals surface area contributed by atoms with Gasteiger partial charge in [0.1, 0.15) is 5.69 Å². The van der Waals surface area contributed by atoms with Gasteiger partial charge in [-0.2, -0.15) is 0 Å². The zero-order valence-corrected chi connectivity index (χ0v) is 8.98. The van der Waals surface area contributed by atoms with Gasteiger partial charge in [-0.05, 0) is 25.0 Å². The molecule has 82 valence electrons. The molecule has 2 N–H and O–H groups in total. The highest BCUT2D eigenvalue weighted by molar-refractivity contribution is 5.48. The van der Waals surface area contributed by atoms with Crippen LogP contribution in [0.25, 0.3) is 11.5 Å². The highest BCUT2D eigenvalue weighted by Crippen LogP contribution is 2.19. The van der Waals surface area contributed by atoms with Crippen molar-refractivity contribution in [2.24, 2.45) is 0 Å². The molecule has 2 heterocycles. The van der Waals surface area contributed by atoms with Gasteiger partial charge in [0.2, 0.25) is 0 Å². The third kappa shape index (κ3) is 2.12. The Morgan fingerprint density at radius 3 is 3.00 bits per heavy atom. The largest absolute Gasteiger partial charge is 0.339 e. The monoisotopic (exact) mass is 214 g/mol. The van der Waals surface area contributed by atoms with Gasteiger partial charge >= 0.3 is 0 Å². The van der Waals surface area contributed by atoms with E-state index < -0.39 is 0 Å². The summed E-state index contributed by atoms with van der Waals surface area (Å²) < 4.78 is 0. The number of nitrogens with one attached hydrogen (secondary N) is 2. The molecule has 0 spiro atoms. The van der Waals surface area contributed by atoms with Gasteiger partial charge in [-0.1, -0.05) is 6.07 Å². The van der Waals surface area contributed by atoms with E-state index in [4.69, 9.17) is 0 Å². The lowest BCUT2D eigenvalue weighted by Gasteiger charge is -1.98. The van der Waals surface area contributed by atoms with Crippen molar-refractivity contribution in [1.29, 1.82) is 0 Å².